The predicted molar refractivity (Wildman–Crippen MR) is 68.2 cm³/mol. The minimum Gasteiger partial charge on any atom is -0.345 e. The van der Waals surface area contributed by atoms with E-state index in [1.165, 1.54) is 6.42 Å². The van der Waals surface area contributed by atoms with E-state index >= 15 is 0 Å². The van der Waals surface area contributed by atoms with Crippen LogP contribution < -0.4 is 5.32 Å². The Morgan fingerprint density at radius 3 is 3.28 bits per heavy atom. The molecule has 0 amide bonds. The zero-order valence-electron chi connectivity index (χ0n) is 10.6. The number of aryl methyl sites for hydroxylation is 1. The summed E-state index contributed by atoms with van der Waals surface area (Å²) in [4.78, 5) is 4.55. The zero-order valence-corrected chi connectivity index (χ0v) is 10.6. The number of piperidine rings is 1. The summed E-state index contributed by atoms with van der Waals surface area (Å²) in [5, 5.41) is 7.47. The normalized spacial score (nSPS) is 20.2. The molecule has 3 heterocycles. The molecule has 5 nitrogen and oxygen atoms in total. The Bertz CT molecular complexity index is 511. The Kier molecular flexibility index (Phi) is 3.15. The Morgan fingerprint density at radius 2 is 2.50 bits per heavy atom. The van der Waals surface area contributed by atoms with E-state index < -0.39 is 0 Å². The first-order valence-corrected chi connectivity index (χ1v) is 6.58. The molecule has 0 bridgehead atoms. The fraction of sp³-hybridized carbons (Fsp3) is 0.538. The number of aromatic nitrogens is 3. The summed E-state index contributed by atoms with van der Waals surface area (Å²) >= 11 is 0. The highest BCUT2D eigenvalue weighted by molar-refractivity contribution is 5.49. The fourth-order valence-corrected chi connectivity index (χ4v) is 2.46. The van der Waals surface area contributed by atoms with E-state index in [9.17, 15) is 0 Å². The second kappa shape index (κ2) is 4.94. The predicted octanol–water partition coefficient (Wildman–Crippen LogP) is 2.02. The van der Waals surface area contributed by atoms with Gasteiger partial charge < -0.3 is 14.4 Å². The first kappa shape index (κ1) is 11.5. The summed E-state index contributed by atoms with van der Waals surface area (Å²) in [6.45, 7) is 5.05. The van der Waals surface area contributed by atoms with E-state index in [-0.39, 0.29) is 0 Å². The quantitative estimate of drug-likeness (QED) is 0.900. The van der Waals surface area contributed by atoms with E-state index in [1.807, 2.05) is 18.3 Å². The molecule has 2 aromatic rings. The van der Waals surface area contributed by atoms with Gasteiger partial charge in [0.25, 0.3) is 0 Å². The van der Waals surface area contributed by atoms with Crippen molar-refractivity contribution in [2.75, 3.05) is 13.1 Å². The van der Waals surface area contributed by atoms with Crippen molar-refractivity contribution in [1.29, 1.82) is 0 Å². The van der Waals surface area contributed by atoms with Gasteiger partial charge in [-0.1, -0.05) is 5.16 Å². The van der Waals surface area contributed by atoms with Gasteiger partial charge in [-0.25, -0.2) is 0 Å². The minimum atomic E-state index is 0.366. The SMILES string of the molecule is CCn1cccc1-c1noc(C2CCCNC2)n1. The number of rotatable bonds is 3. The summed E-state index contributed by atoms with van der Waals surface area (Å²) in [6, 6.07) is 4.04. The summed E-state index contributed by atoms with van der Waals surface area (Å²) < 4.78 is 7.53. The topological polar surface area (TPSA) is 55.9 Å². The van der Waals surface area contributed by atoms with Crippen LogP contribution in [-0.2, 0) is 6.54 Å². The first-order chi connectivity index (χ1) is 8.88. The molecule has 1 aliphatic heterocycles. The average molecular weight is 246 g/mol. The molecule has 0 aromatic carbocycles. The molecular formula is C13H18N4O. The van der Waals surface area contributed by atoms with Crippen molar-refractivity contribution in [3.63, 3.8) is 0 Å². The van der Waals surface area contributed by atoms with Gasteiger partial charge in [-0.05, 0) is 38.4 Å². The standard InChI is InChI=1S/C13H18N4O/c1-2-17-8-4-6-11(17)12-15-13(18-16-12)10-5-3-7-14-9-10/h4,6,8,10,14H,2-3,5,7,9H2,1H3. The lowest BCUT2D eigenvalue weighted by molar-refractivity contribution is 0.322. The molecule has 1 unspecified atom stereocenters. The maximum atomic E-state index is 5.41. The molecule has 1 saturated heterocycles. The Morgan fingerprint density at radius 1 is 1.56 bits per heavy atom. The molecule has 1 fully saturated rings. The number of hydrogen-bond donors (Lipinski definition) is 1. The van der Waals surface area contributed by atoms with Crippen LogP contribution in [0.15, 0.2) is 22.9 Å². The van der Waals surface area contributed by atoms with E-state index in [0.717, 1.165) is 37.6 Å². The van der Waals surface area contributed by atoms with E-state index in [0.29, 0.717) is 11.7 Å². The van der Waals surface area contributed by atoms with Gasteiger partial charge in [-0.2, -0.15) is 4.98 Å². The van der Waals surface area contributed by atoms with Gasteiger partial charge in [0.05, 0.1) is 11.6 Å². The Balaban J connectivity index is 1.84. The van der Waals surface area contributed by atoms with Gasteiger partial charge >= 0.3 is 0 Å². The maximum absolute atomic E-state index is 5.41. The average Bonchev–Trinajstić information content (AvgIpc) is 3.08. The second-order valence-corrected chi connectivity index (χ2v) is 4.68. The van der Waals surface area contributed by atoms with Crippen molar-refractivity contribution < 1.29 is 4.52 Å². The summed E-state index contributed by atoms with van der Waals surface area (Å²) in [6.07, 6.45) is 4.34. The molecule has 0 saturated carbocycles. The fourth-order valence-electron chi connectivity index (χ4n) is 2.46. The molecule has 1 atom stereocenters. The maximum Gasteiger partial charge on any atom is 0.231 e. The van der Waals surface area contributed by atoms with Crippen molar-refractivity contribution in [3.8, 4) is 11.5 Å². The van der Waals surface area contributed by atoms with E-state index in [4.69, 9.17) is 4.52 Å². The third kappa shape index (κ3) is 2.06. The van der Waals surface area contributed by atoms with Gasteiger partial charge in [-0.15, -0.1) is 0 Å². The second-order valence-electron chi connectivity index (χ2n) is 4.68. The Hall–Kier alpha value is -1.62. The van der Waals surface area contributed by atoms with Crippen LogP contribution in [0.1, 0.15) is 31.6 Å². The molecule has 1 N–H and O–H groups in total. The lowest BCUT2D eigenvalue weighted by Crippen LogP contribution is -2.28. The molecule has 0 radical (unpaired) electrons. The molecule has 18 heavy (non-hydrogen) atoms. The van der Waals surface area contributed by atoms with Gasteiger partial charge in [0.1, 0.15) is 0 Å². The molecule has 2 aromatic heterocycles. The number of nitrogens with zero attached hydrogens (tertiary/aromatic N) is 3. The summed E-state index contributed by atoms with van der Waals surface area (Å²) in [5.41, 5.74) is 1.02. The van der Waals surface area contributed by atoms with Crippen molar-refractivity contribution in [2.24, 2.45) is 0 Å². The van der Waals surface area contributed by atoms with Crippen molar-refractivity contribution in [3.05, 3.63) is 24.2 Å². The third-order valence-electron chi connectivity index (χ3n) is 3.49. The van der Waals surface area contributed by atoms with Crippen LogP contribution in [0.4, 0.5) is 0 Å². The van der Waals surface area contributed by atoms with Crippen LogP contribution in [0.25, 0.3) is 11.5 Å². The Labute approximate surface area is 106 Å². The summed E-state index contributed by atoms with van der Waals surface area (Å²) in [5.74, 6) is 1.83. The van der Waals surface area contributed by atoms with Gasteiger partial charge in [0.15, 0.2) is 0 Å². The molecule has 1 aliphatic rings. The van der Waals surface area contributed by atoms with Crippen LogP contribution in [-0.4, -0.2) is 27.8 Å². The minimum absolute atomic E-state index is 0.366. The third-order valence-corrected chi connectivity index (χ3v) is 3.49. The van der Waals surface area contributed by atoms with Crippen molar-refractivity contribution in [1.82, 2.24) is 20.0 Å². The molecule has 0 spiro atoms. The highest BCUT2D eigenvalue weighted by Crippen LogP contribution is 2.24. The lowest BCUT2D eigenvalue weighted by atomic mass is 10.00. The van der Waals surface area contributed by atoms with Crippen LogP contribution >= 0.6 is 0 Å². The highest BCUT2D eigenvalue weighted by Gasteiger charge is 2.22. The smallest absolute Gasteiger partial charge is 0.231 e. The van der Waals surface area contributed by atoms with E-state index in [1.54, 1.807) is 0 Å². The zero-order chi connectivity index (χ0) is 12.4. The number of nitrogens with one attached hydrogen (secondary N) is 1. The van der Waals surface area contributed by atoms with Gasteiger partial charge in [-0.3, -0.25) is 0 Å². The van der Waals surface area contributed by atoms with Gasteiger partial charge in [0.2, 0.25) is 11.7 Å². The molecular weight excluding hydrogens is 228 g/mol. The molecule has 3 rings (SSSR count). The highest BCUT2D eigenvalue weighted by atomic mass is 16.5. The monoisotopic (exact) mass is 246 g/mol. The van der Waals surface area contributed by atoms with Crippen LogP contribution in [0.2, 0.25) is 0 Å². The van der Waals surface area contributed by atoms with Crippen molar-refractivity contribution >= 4 is 0 Å². The summed E-state index contributed by atoms with van der Waals surface area (Å²) in [7, 11) is 0. The van der Waals surface area contributed by atoms with Crippen LogP contribution in [0, 0.1) is 0 Å². The lowest BCUT2D eigenvalue weighted by Gasteiger charge is -2.18. The molecule has 96 valence electrons. The van der Waals surface area contributed by atoms with Crippen LogP contribution in [0.5, 0.6) is 0 Å². The largest absolute Gasteiger partial charge is 0.345 e. The van der Waals surface area contributed by atoms with Crippen LogP contribution in [0.3, 0.4) is 0 Å². The molecule has 0 aliphatic carbocycles. The molecule has 5 heteroatoms. The van der Waals surface area contributed by atoms with Gasteiger partial charge in [0, 0.05) is 19.3 Å². The van der Waals surface area contributed by atoms with E-state index in [2.05, 4.69) is 26.9 Å². The first-order valence-electron chi connectivity index (χ1n) is 6.58. The van der Waals surface area contributed by atoms with Crippen molar-refractivity contribution in [2.45, 2.75) is 32.2 Å². The number of hydrogen-bond acceptors (Lipinski definition) is 4.